The van der Waals surface area contributed by atoms with Gasteiger partial charge in [-0.15, -0.1) is 0 Å². The van der Waals surface area contributed by atoms with E-state index in [0.29, 0.717) is 38.1 Å². The second kappa shape index (κ2) is 9.09. The van der Waals surface area contributed by atoms with Gasteiger partial charge in [0.15, 0.2) is 11.5 Å². The summed E-state index contributed by atoms with van der Waals surface area (Å²) in [7, 11) is -3.78. The molecule has 0 bridgehead atoms. The van der Waals surface area contributed by atoms with E-state index in [0.717, 1.165) is 12.5 Å². The molecule has 0 unspecified atom stereocenters. The van der Waals surface area contributed by atoms with Gasteiger partial charge >= 0.3 is 16.5 Å². The highest BCUT2D eigenvalue weighted by molar-refractivity contribution is 7.84. The van der Waals surface area contributed by atoms with E-state index in [4.69, 9.17) is 4.18 Å². The van der Waals surface area contributed by atoms with E-state index in [1.807, 2.05) is 0 Å². The van der Waals surface area contributed by atoms with Gasteiger partial charge in [-0.2, -0.15) is 25.9 Å². The molecule has 2 aromatic rings. The molecule has 2 fully saturated rings. The molecule has 0 amide bonds. The van der Waals surface area contributed by atoms with Crippen LogP contribution in [-0.4, -0.2) is 60.3 Å². The second-order valence-corrected chi connectivity index (χ2v) is 9.63. The monoisotopic (exact) mass is 508 g/mol. The third kappa shape index (κ3) is 5.29. The van der Waals surface area contributed by atoms with Gasteiger partial charge in [0.2, 0.25) is 5.82 Å². The first kappa shape index (κ1) is 24.3. The zero-order chi connectivity index (χ0) is 24.6. The molecule has 1 aromatic carbocycles. The molecule has 1 saturated heterocycles. The van der Waals surface area contributed by atoms with Crippen LogP contribution in [0.3, 0.4) is 0 Å². The number of anilines is 1. The van der Waals surface area contributed by atoms with Crippen molar-refractivity contribution in [3.8, 4) is 0 Å². The van der Waals surface area contributed by atoms with Gasteiger partial charge in [0.1, 0.15) is 5.82 Å². The highest BCUT2D eigenvalue weighted by atomic mass is 32.2. The molecule has 1 aliphatic carbocycles. The van der Waals surface area contributed by atoms with Gasteiger partial charge in [-0.05, 0) is 47.8 Å². The summed E-state index contributed by atoms with van der Waals surface area (Å²) in [6, 6.07) is 2.06. The fraction of sp³-hybridized carbons (Fsp3) is 0.500. The average Bonchev–Trinajstić information content (AvgIpc) is 3.35. The summed E-state index contributed by atoms with van der Waals surface area (Å²) in [5, 5.41) is 19.6. The molecule has 34 heavy (non-hydrogen) atoms. The minimum absolute atomic E-state index is 0.00432. The molecule has 11 nitrogen and oxygen atoms in total. The molecule has 1 aromatic heterocycles. The molecule has 2 heterocycles. The van der Waals surface area contributed by atoms with Crippen LogP contribution in [-0.2, 0) is 20.7 Å². The van der Waals surface area contributed by atoms with E-state index in [9.17, 15) is 31.2 Å². The van der Waals surface area contributed by atoms with Crippen LogP contribution in [0, 0.1) is 11.2 Å². The molecule has 1 aliphatic heterocycles. The van der Waals surface area contributed by atoms with Crippen LogP contribution in [0.4, 0.5) is 29.1 Å². The fourth-order valence-corrected chi connectivity index (χ4v) is 4.38. The Labute approximate surface area is 191 Å². The number of aliphatic imine (C=N–C) groups is 1. The molecular weight excluding hydrogens is 488 g/mol. The smallest absolute Gasteiger partial charge is 0.365 e. The van der Waals surface area contributed by atoms with E-state index in [1.54, 1.807) is 5.48 Å². The minimum atomic E-state index is -4.94. The standard InChI is InChI=1S/C18H20F4N6O5S/c19-13-3-2-11(8-12(13)18(20,21)22)24-16(25-29)14-15(27-33-26-14)23-9-17(4-5-17)10-32-34(30,31)28-6-1-7-28/h2-3,8,29H,1,4-7,9-10H2,(H,23,27)(H,24,25). The predicted octanol–water partition coefficient (Wildman–Crippen LogP) is 2.44. The normalized spacial score (nSPS) is 18.4. The lowest BCUT2D eigenvalue weighted by atomic mass is 10.1. The van der Waals surface area contributed by atoms with Gasteiger partial charge in [0.05, 0.1) is 17.9 Å². The quantitative estimate of drug-likeness (QED) is 0.201. The first-order valence-electron chi connectivity index (χ1n) is 10.1. The maximum Gasteiger partial charge on any atom is 0.419 e. The van der Waals surface area contributed by atoms with Gasteiger partial charge in [0.25, 0.3) is 0 Å². The number of hydroxylamine groups is 1. The number of halogens is 4. The Hall–Kier alpha value is -2.82. The summed E-state index contributed by atoms with van der Waals surface area (Å²) in [4.78, 5) is 3.84. The van der Waals surface area contributed by atoms with Crippen LogP contribution in [0.1, 0.15) is 30.5 Å². The molecule has 1 saturated carbocycles. The highest BCUT2D eigenvalue weighted by Gasteiger charge is 2.45. The molecule has 0 atom stereocenters. The van der Waals surface area contributed by atoms with Crippen molar-refractivity contribution in [1.29, 1.82) is 0 Å². The number of nitrogens with one attached hydrogen (secondary N) is 2. The van der Waals surface area contributed by atoms with Gasteiger partial charge in [0, 0.05) is 25.0 Å². The van der Waals surface area contributed by atoms with E-state index in [1.165, 1.54) is 4.31 Å². The van der Waals surface area contributed by atoms with E-state index >= 15 is 0 Å². The van der Waals surface area contributed by atoms with E-state index in [-0.39, 0.29) is 30.4 Å². The lowest BCUT2D eigenvalue weighted by Gasteiger charge is -2.29. The van der Waals surface area contributed by atoms with Crippen molar-refractivity contribution < 1.29 is 40.0 Å². The Morgan fingerprint density at radius 3 is 2.62 bits per heavy atom. The Bertz CT molecular complexity index is 1180. The van der Waals surface area contributed by atoms with E-state index in [2.05, 4.69) is 25.3 Å². The van der Waals surface area contributed by atoms with Gasteiger partial charge in [-0.25, -0.2) is 14.0 Å². The van der Waals surface area contributed by atoms with Crippen molar-refractivity contribution in [2.75, 3.05) is 31.6 Å². The van der Waals surface area contributed by atoms with E-state index < -0.39 is 39.1 Å². The second-order valence-electron chi connectivity index (χ2n) is 8.02. The van der Waals surface area contributed by atoms with Crippen molar-refractivity contribution >= 4 is 27.6 Å². The number of aromatic nitrogens is 2. The minimum Gasteiger partial charge on any atom is -0.365 e. The number of hydrogen-bond acceptors (Lipinski definition) is 9. The third-order valence-corrected chi connectivity index (χ3v) is 6.96. The molecule has 3 N–H and O–H groups in total. The van der Waals surface area contributed by atoms with Crippen LogP contribution in [0.15, 0.2) is 27.8 Å². The van der Waals surface area contributed by atoms with Gasteiger partial charge < -0.3 is 5.32 Å². The first-order valence-corrected chi connectivity index (χ1v) is 11.5. The summed E-state index contributed by atoms with van der Waals surface area (Å²) in [5.41, 5.74) is -0.764. The van der Waals surface area contributed by atoms with Crippen LogP contribution < -0.4 is 10.8 Å². The Morgan fingerprint density at radius 2 is 2.03 bits per heavy atom. The molecular formula is C18H20F4N6O5S. The van der Waals surface area contributed by atoms with Crippen LogP contribution >= 0.6 is 0 Å². The number of benzene rings is 1. The molecule has 0 spiro atoms. The predicted molar refractivity (Wildman–Crippen MR) is 108 cm³/mol. The molecule has 2 aliphatic rings. The maximum absolute atomic E-state index is 13.5. The topological polar surface area (TPSA) is 142 Å². The number of hydrogen-bond donors (Lipinski definition) is 3. The largest absolute Gasteiger partial charge is 0.419 e. The summed E-state index contributed by atoms with van der Waals surface area (Å²) >= 11 is 0. The molecule has 0 radical (unpaired) electrons. The molecule has 4 rings (SSSR count). The van der Waals surface area contributed by atoms with Crippen LogP contribution in [0.2, 0.25) is 0 Å². The first-order chi connectivity index (χ1) is 16.0. The van der Waals surface area contributed by atoms with Crippen molar-refractivity contribution in [3.63, 3.8) is 0 Å². The maximum atomic E-state index is 13.5. The number of nitrogens with zero attached hydrogens (tertiary/aromatic N) is 4. The van der Waals surface area contributed by atoms with Crippen molar-refractivity contribution in [2.45, 2.75) is 25.4 Å². The fourth-order valence-electron chi connectivity index (χ4n) is 3.12. The summed E-state index contributed by atoms with van der Waals surface area (Å²) in [6.07, 6.45) is -2.78. The lowest BCUT2D eigenvalue weighted by Crippen LogP contribution is -2.43. The summed E-state index contributed by atoms with van der Waals surface area (Å²) in [5.74, 6) is -1.89. The number of rotatable bonds is 9. The van der Waals surface area contributed by atoms with Crippen LogP contribution in [0.25, 0.3) is 0 Å². The highest BCUT2D eigenvalue weighted by Crippen LogP contribution is 2.46. The number of alkyl halides is 3. The van der Waals surface area contributed by atoms with Crippen molar-refractivity contribution in [1.82, 2.24) is 20.1 Å². The number of amidine groups is 1. The molecule has 16 heteroatoms. The zero-order valence-corrected chi connectivity index (χ0v) is 18.3. The third-order valence-electron chi connectivity index (χ3n) is 5.55. The summed E-state index contributed by atoms with van der Waals surface area (Å²) < 4.78 is 87.6. The van der Waals surface area contributed by atoms with Gasteiger partial charge in [-0.3, -0.25) is 14.9 Å². The summed E-state index contributed by atoms with van der Waals surface area (Å²) in [6.45, 7) is 1.03. The Kier molecular flexibility index (Phi) is 6.50. The Morgan fingerprint density at radius 1 is 1.29 bits per heavy atom. The Balaban J connectivity index is 1.45. The van der Waals surface area contributed by atoms with Crippen LogP contribution in [0.5, 0.6) is 0 Å². The van der Waals surface area contributed by atoms with Crippen molar-refractivity contribution in [2.24, 2.45) is 10.4 Å². The van der Waals surface area contributed by atoms with Gasteiger partial charge in [-0.1, -0.05) is 0 Å². The SMILES string of the molecule is O=S(=O)(OCC1(CNc2nonc2C(=Nc2ccc(F)c(C(F)(F)F)c2)NO)CC1)N1CCC1. The molecule has 186 valence electrons. The lowest BCUT2D eigenvalue weighted by molar-refractivity contribution is -0.139. The average molecular weight is 508 g/mol. The van der Waals surface area contributed by atoms with Crippen molar-refractivity contribution in [3.05, 3.63) is 35.3 Å². The zero-order valence-electron chi connectivity index (χ0n) is 17.5.